The van der Waals surface area contributed by atoms with Crippen LogP contribution in [-0.2, 0) is 16.6 Å². The van der Waals surface area contributed by atoms with E-state index in [0.717, 1.165) is 11.1 Å². The summed E-state index contributed by atoms with van der Waals surface area (Å²) in [7, 11) is -3.44. The van der Waals surface area contributed by atoms with Gasteiger partial charge in [-0.2, -0.15) is 4.31 Å². The van der Waals surface area contributed by atoms with Gasteiger partial charge in [-0.3, -0.25) is 0 Å². The maximum absolute atomic E-state index is 12.6. The highest BCUT2D eigenvalue weighted by Crippen LogP contribution is 2.38. The first-order chi connectivity index (χ1) is 13.9. The number of fused-ring (bicyclic) bond motifs is 1. The van der Waals surface area contributed by atoms with E-state index < -0.39 is 10.0 Å². The van der Waals surface area contributed by atoms with Gasteiger partial charge in [0.1, 0.15) is 13.2 Å². The van der Waals surface area contributed by atoms with Crippen molar-refractivity contribution >= 4 is 21.6 Å². The van der Waals surface area contributed by atoms with E-state index in [0.29, 0.717) is 54.3 Å². The second-order valence-electron chi connectivity index (χ2n) is 6.86. The number of sulfonamides is 1. The molecule has 1 aliphatic rings. The molecule has 6 nitrogen and oxygen atoms in total. The van der Waals surface area contributed by atoms with Crippen molar-refractivity contribution < 1.29 is 17.9 Å². The molecule has 8 heteroatoms. The summed E-state index contributed by atoms with van der Waals surface area (Å²) in [5.74, 6) is 1.26. The van der Waals surface area contributed by atoms with Crippen molar-refractivity contribution in [2.45, 2.75) is 38.3 Å². The van der Waals surface area contributed by atoms with E-state index in [2.05, 4.69) is 5.32 Å². The van der Waals surface area contributed by atoms with E-state index in [9.17, 15) is 8.42 Å². The standard InChI is InChI=1S/C21H27ClN2O4S/c1-4-24(5-2)29(25,26)18-8-6-17(7-9-18)15(3)23-14-16-12-19(22)21-20(13-16)27-10-11-28-21/h6-9,12-13,15,23H,4-5,10-11,14H2,1-3H3. The van der Waals surface area contributed by atoms with E-state index in [1.54, 1.807) is 12.1 Å². The Bertz CT molecular complexity index is 944. The maximum Gasteiger partial charge on any atom is 0.243 e. The predicted octanol–water partition coefficient (Wildman–Crippen LogP) is 3.99. The highest BCUT2D eigenvalue weighted by Gasteiger charge is 2.21. The lowest BCUT2D eigenvalue weighted by Gasteiger charge is -2.21. The molecule has 1 aliphatic heterocycles. The predicted molar refractivity (Wildman–Crippen MR) is 114 cm³/mol. The average Bonchev–Trinajstić information content (AvgIpc) is 2.73. The van der Waals surface area contributed by atoms with Crippen LogP contribution < -0.4 is 14.8 Å². The first kappa shape index (κ1) is 21.9. The van der Waals surface area contributed by atoms with Crippen molar-refractivity contribution in [2.24, 2.45) is 0 Å². The topological polar surface area (TPSA) is 67.9 Å². The normalized spacial score (nSPS) is 14.8. The van der Waals surface area contributed by atoms with Gasteiger partial charge in [-0.1, -0.05) is 37.6 Å². The lowest BCUT2D eigenvalue weighted by molar-refractivity contribution is 0.171. The Kier molecular flexibility index (Phi) is 7.05. The maximum atomic E-state index is 12.6. The van der Waals surface area contributed by atoms with E-state index >= 15 is 0 Å². The van der Waals surface area contributed by atoms with E-state index in [4.69, 9.17) is 21.1 Å². The Labute approximate surface area is 177 Å². The van der Waals surface area contributed by atoms with Crippen molar-refractivity contribution in [2.75, 3.05) is 26.3 Å². The van der Waals surface area contributed by atoms with Gasteiger partial charge in [0.15, 0.2) is 11.5 Å². The molecule has 29 heavy (non-hydrogen) atoms. The first-order valence-corrected chi connectivity index (χ1v) is 11.6. The minimum Gasteiger partial charge on any atom is -0.486 e. The van der Waals surface area contributed by atoms with Gasteiger partial charge in [-0.25, -0.2) is 8.42 Å². The second-order valence-corrected chi connectivity index (χ2v) is 9.21. The Hall–Kier alpha value is -1.80. The molecule has 0 radical (unpaired) electrons. The highest BCUT2D eigenvalue weighted by molar-refractivity contribution is 7.89. The van der Waals surface area contributed by atoms with Gasteiger partial charge >= 0.3 is 0 Å². The van der Waals surface area contributed by atoms with Crippen LogP contribution >= 0.6 is 11.6 Å². The molecular formula is C21H27ClN2O4S. The van der Waals surface area contributed by atoms with Crippen molar-refractivity contribution in [3.63, 3.8) is 0 Å². The van der Waals surface area contributed by atoms with Gasteiger partial charge in [-0.05, 0) is 42.3 Å². The van der Waals surface area contributed by atoms with Gasteiger partial charge in [0, 0.05) is 25.7 Å². The first-order valence-electron chi connectivity index (χ1n) is 9.78. The largest absolute Gasteiger partial charge is 0.486 e. The lowest BCUT2D eigenvalue weighted by Crippen LogP contribution is -2.30. The molecule has 2 aromatic rings. The Morgan fingerprint density at radius 1 is 1.10 bits per heavy atom. The zero-order valence-corrected chi connectivity index (χ0v) is 18.5. The fourth-order valence-electron chi connectivity index (χ4n) is 3.30. The van der Waals surface area contributed by atoms with Crippen LogP contribution in [0.25, 0.3) is 0 Å². The number of benzene rings is 2. The molecule has 1 unspecified atom stereocenters. The number of nitrogens with zero attached hydrogens (tertiary/aromatic N) is 1. The molecule has 158 valence electrons. The molecule has 0 saturated heterocycles. The Morgan fingerprint density at radius 2 is 1.76 bits per heavy atom. The Balaban J connectivity index is 1.67. The van der Waals surface area contributed by atoms with Crippen LogP contribution in [-0.4, -0.2) is 39.0 Å². The highest BCUT2D eigenvalue weighted by atomic mass is 35.5. The van der Waals surface area contributed by atoms with Crippen molar-refractivity contribution in [1.29, 1.82) is 0 Å². The molecule has 1 heterocycles. The summed E-state index contributed by atoms with van der Waals surface area (Å²) in [6.45, 7) is 8.23. The number of ether oxygens (including phenoxy) is 2. The van der Waals surface area contributed by atoms with Crippen LogP contribution in [0.4, 0.5) is 0 Å². The summed E-state index contributed by atoms with van der Waals surface area (Å²) in [5, 5.41) is 3.98. The van der Waals surface area contributed by atoms with Gasteiger partial charge in [0.05, 0.1) is 9.92 Å². The number of halogens is 1. The number of rotatable bonds is 8. The monoisotopic (exact) mass is 438 g/mol. The van der Waals surface area contributed by atoms with Crippen molar-refractivity contribution in [3.05, 3.63) is 52.5 Å². The molecule has 2 aromatic carbocycles. The molecule has 0 amide bonds. The third-order valence-corrected chi connectivity index (χ3v) is 7.34. The van der Waals surface area contributed by atoms with E-state index in [1.165, 1.54) is 4.31 Å². The molecule has 0 fully saturated rings. The molecule has 0 spiro atoms. The summed E-state index contributed by atoms with van der Waals surface area (Å²) in [6, 6.07) is 10.9. The van der Waals surface area contributed by atoms with E-state index in [-0.39, 0.29) is 6.04 Å². The third-order valence-electron chi connectivity index (χ3n) is 4.99. The van der Waals surface area contributed by atoms with Gasteiger partial charge in [0.25, 0.3) is 0 Å². The minimum atomic E-state index is -3.44. The lowest BCUT2D eigenvalue weighted by atomic mass is 10.1. The van der Waals surface area contributed by atoms with Crippen LogP contribution in [0.1, 0.15) is 37.9 Å². The average molecular weight is 439 g/mol. The number of nitrogens with one attached hydrogen (secondary N) is 1. The fraction of sp³-hybridized carbons (Fsp3) is 0.429. The van der Waals surface area contributed by atoms with Crippen LogP contribution in [0.15, 0.2) is 41.3 Å². The summed E-state index contributed by atoms with van der Waals surface area (Å²) >= 11 is 6.30. The summed E-state index contributed by atoms with van der Waals surface area (Å²) in [5.41, 5.74) is 2.00. The quantitative estimate of drug-likeness (QED) is 0.674. The SMILES string of the molecule is CCN(CC)S(=O)(=O)c1ccc(C(C)NCc2cc(Cl)c3c(c2)OCCO3)cc1. The van der Waals surface area contributed by atoms with Crippen molar-refractivity contribution in [1.82, 2.24) is 9.62 Å². The van der Waals surface area contributed by atoms with Gasteiger partial charge in [0.2, 0.25) is 10.0 Å². The van der Waals surface area contributed by atoms with Crippen LogP contribution in [0.3, 0.4) is 0 Å². The second kappa shape index (κ2) is 9.34. The van der Waals surface area contributed by atoms with Crippen LogP contribution in [0.2, 0.25) is 5.02 Å². The summed E-state index contributed by atoms with van der Waals surface area (Å²) in [4.78, 5) is 0.316. The van der Waals surface area contributed by atoms with Crippen LogP contribution in [0.5, 0.6) is 11.5 Å². The van der Waals surface area contributed by atoms with E-state index in [1.807, 2.05) is 45.0 Å². The zero-order chi connectivity index (χ0) is 21.0. The molecule has 1 atom stereocenters. The molecule has 0 aliphatic carbocycles. The van der Waals surface area contributed by atoms with Gasteiger partial charge in [-0.15, -0.1) is 0 Å². The summed E-state index contributed by atoms with van der Waals surface area (Å²) in [6.07, 6.45) is 0. The minimum absolute atomic E-state index is 0.0344. The molecule has 0 aromatic heterocycles. The van der Waals surface area contributed by atoms with Crippen LogP contribution in [0, 0.1) is 0 Å². The molecule has 0 saturated carbocycles. The summed E-state index contributed by atoms with van der Waals surface area (Å²) < 4.78 is 37.8. The fourth-order valence-corrected chi connectivity index (χ4v) is 5.04. The number of hydrogen-bond donors (Lipinski definition) is 1. The molecule has 0 bridgehead atoms. The molecular weight excluding hydrogens is 412 g/mol. The van der Waals surface area contributed by atoms with Crippen molar-refractivity contribution in [3.8, 4) is 11.5 Å². The van der Waals surface area contributed by atoms with Gasteiger partial charge < -0.3 is 14.8 Å². The third kappa shape index (κ3) is 4.86. The zero-order valence-electron chi connectivity index (χ0n) is 16.9. The Morgan fingerprint density at radius 3 is 2.41 bits per heavy atom. The molecule has 3 rings (SSSR count). The molecule has 1 N–H and O–H groups in total. The number of hydrogen-bond acceptors (Lipinski definition) is 5. The smallest absolute Gasteiger partial charge is 0.243 e.